The topological polar surface area (TPSA) is 45.4 Å². The maximum Gasteiger partial charge on any atom is 0.134 e. The molecule has 3 heteroatoms. The lowest BCUT2D eigenvalue weighted by Crippen LogP contribution is -2.17. The van der Waals surface area contributed by atoms with E-state index in [-0.39, 0.29) is 12.0 Å². The lowest BCUT2D eigenvalue weighted by atomic mass is 10.0. The molecule has 1 fully saturated rings. The van der Waals surface area contributed by atoms with Crippen LogP contribution in [0.4, 0.5) is 0 Å². The summed E-state index contributed by atoms with van der Waals surface area (Å²) in [5.74, 6) is 0.644. The zero-order valence-corrected chi connectivity index (χ0v) is 7.60. The van der Waals surface area contributed by atoms with Crippen LogP contribution in [0, 0.1) is 17.2 Å². The van der Waals surface area contributed by atoms with Crippen molar-refractivity contribution in [1.29, 1.82) is 5.26 Å². The summed E-state index contributed by atoms with van der Waals surface area (Å²) in [7, 11) is 0. The molecule has 1 aliphatic carbocycles. The minimum Gasteiger partial charge on any atom is -0.489 e. The van der Waals surface area contributed by atoms with Gasteiger partial charge in [0, 0.05) is 0 Å². The highest BCUT2D eigenvalue weighted by Crippen LogP contribution is 2.27. The molecule has 0 spiro atoms. The quantitative estimate of drug-likeness (QED) is 0.642. The molecule has 3 nitrogen and oxygen atoms in total. The van der Waals surface area contributed by atoms with Crippen molar-refractivity contribution in [2.75, 3.05) is 0 Å². The lowest BCUT2D eigenvalue weighted by Gasteiger charge is -2.16. The molecule has 0 amide bonds. The molecule has 0 aromatic rings. The van der Waals surface area contributed by atoms with Crippen LogP contribution in [0.5, 0.6) is 0 Å². The number of hydrogen-bond acceptors (Lipinski definition) is 3. The number of nitriles is 1. The zero-order valence-electron chi connectivity index (χ0n) is 7.60. The van der Waals surface area contributed by atoms with Crippen molar-refractivity contribution in [2.45, 2.75) is 31.9 Å². The standard InChI is InChI=1S/C10H12N2O/c1-7-8(5-11)4-10(6-12-7)13-9-2-3-9/h4,6-9H,2-3H2,1H3. The first kappa shape index (κ1) is 8.31. The van der Waals surface area contributed by atoms with E-state index >= 15 is 0 Å². The Labute approximate surface area is 77.7 Å². The summed E-state index contributed by atoms with van der Waals surface area (Å²) in [6.45, 7) is 1.94. The van der Waals surface area contributed by atoms with Crippen LogP contribution >= 0.6 is 0 Å². The van der Waals surface area contributed by atoms with Gasteiger partial charge in [0.2, 0.25) is 0 Å². The van der Waals surface area contributed by atoms with Crippen LogP contribution in [0.1, 0.15) is 19.8 Å². The van der Waals surface area contributed by atoms with Crippen molar-refractivity contribution in [3.05, 3.63) is 11.8 Å². The number of ether oxygens (including phenoxy) is 1. The van der Waals surface area contributed by atoms with Crippen LogP contribution in [0.15, 0.2) is 16.8 Å². The van der Waals surface area contributed by atoms with Crippen LogP contribution in [0.25, 0.3) is 0 Å². The summed E-state index contributed by atoms with van der Waals surface area (Å²) in [5.41, 5.74) is 0. The first-order chi connectivity index (χ1) is 6.29. The average Bonchev–Trinajstić information content (AvgIpc) is 2.92. The van der Waals surface area contributed by atoms with Crippen molar-refractivity contribution in [1.82, 2.24) is 0 Å². The molecule has 0 aromatic carbocycles. The van der Waals surface area contributed by atoms with E-state index in [2.05, 4.69) is 11.1 Å². The van der Waals surface area contributed by atoms with Gasteiger partial charge in [0.05, 0.1) is 30.3 Å². The fourth-order valence-electron chi connectivity index (χ4n) is 1.24. The van der Waals surface area contributed by atoms with Gasteiger partial charge in [-0.3, -0.25) is 4.99 Å². The van der Waals surface area contributed by atoms with Gasteiger partial charge in [-0.1, -0.05) is 0 Å². The molecule has 2 unspecified atom stereocenters. The minimum absolute atomic E-state index is 0.0663. The number of nitrogens with zero attached hydrogens (tertiary/aromatic N) is 2. The fourth-order valence-corrected chi connectivity index (χ4v) is 1.24. The molecule has 1 saturated carbocycles. The Hall–Kier alpha value is -1.30. The van der Waals surface area contributed by atoms with Gasteiger partial charge in [-0.25, -0.2) is 0 Å². The van der Waals surface area contributed by atoms with Gasteiger partial charge in [0.15, 0.2) is 0 Å². The average molecular weight is 176 g/mol. The van der Waals surface area contributed by atoms with Gasteiger partial charge in [-0.05, 0) is 25.8 Å². The van der Waals surface area contributed by atoms with Crippen molar-refractivity contribution < 1.29 is 4.74 Å². The van der Waals surface area contributed by atoms with Crippen molar-refractivity contribution in [3.8, 4) is 6.07 Å². The molecule has 1 aliphatic heterocycles. The number of aliphatic imine (C=N–C) groups is 1. The van der Waals surface area contributed by atoms with Crippen LogP contribution < -0.4 is 0 Å². The zero-order chi connectivity index (χ0) is 9.26. The Bertz CT molecular complexity index is 297. The van der Waals surface area contributed by atoms with E-state index in [0.717, 1.165) is 18.6 Å². The largest absolute Gasteiger partial charge is 0.489 e. The van der Waals surface area contributed by atoms with Gasteiger partial charge in [0.1, 0.15) is 5.76 Å². The summed E-state index contributed by atoms with van der Waals surface area (Å²) >= 11 is 0. The monoisotopic (exact) mass is 176 g/mol. The highest BCUT2D eigenvalue weighted by molar-refractivity contribution is 5.77. The minimum atomic E-state index is -0.126. The maximum absolute atomic E-state index is 8.80. The van der Waals surface area contributed by atoms with Gasteiger partial charge in [-0.2, -0.15) is 5.26 Å². The summed E-state index contributed by atoms with van der Waals surface area (Å²) in [6.07, 6.45) is 6.26. The molecule has 1 heterocycles. The molecule has 0 bridgehead atoms. The van der Waals surface area contributed by atoms with E-state index in [1.807, 2.05) is 13.0 Å². The smallest absolute Gasteiger partial charge is 0.134 e. The van der Waals surface area contributed by atoms with E-state index in [9.17, 15) is 0 Å². The third kappa shape index (κ3) is 1.89. The second-order valence-electron chi connectivity index (χ2n) is 3.56. The van der Waals surface area contributed by atoms with Crippen molar-refractivity contribution in [3.63, 3.8) is 0 Å². The Balaban J connectivity index is 2.03. The SMILES string of the molecule is CC1N=CC(OC2CC2)=CC1C#N. The number of hydrogen-bond donors (Lipinski definition) is 0. The summed E-state index contributed by atoms with van der Waals surface area (Å²) < 4.78 is 5.54. The Kier molecular flexibility index (Phi) is 2.05. The highest BCUT2D eigenvalue weighted by Gasteiger charge is 2.26. The molecule has 13 heavy (non-hydrogen) atoms. The third-order valence-corrected chi connectivity index (χ3v) is 2.28. The Morgan fingerprint density at radius 1 is 1.62 bits per heavy atom. The van der Waals surface area contributed by atoms with Gasteiger partial charge in [-0.15, -0.1) is 0 Å². The van der Waals surface area contributed by atoms with Crippen molar-refractivity contribution in [2.24, 2.45) is 10.9 Å². The predicted octanol–water partition coefficient (Wildman–Crippen LogP) is 1.66. The first-order valence-corrected chi connectivity index (χ1v) is 4.61. The normalized spacial score (nSPS) is 32.2. The third-order valence-electron chi connectivity index (χ3n) is 2.28. The molecular weight excluding hydrogens is 164 g/mol. The van der Waals surface area contributed by atoms with Crippen LogP contribution in [-0.2, 0) is 4.74 Å². The molecule has 2 rings (SSSR count). The molecule has 68 valence electrons. The van der Waals surface area contributed by atoms with Crippen LogP contribution in [-0.4, -0.2) is 18.4 Å². The van der Waals surface area contributed by atoms with Crippen LogP contribution in [0.3, 0.4) is 0 Å². The lowest BCUT2D eigenvalue weighted by molar-refractivity contribution is 0.213. The molecule has 0 radical (unpaired) electrons. The maximum atomic E-state index is 8.80. The highest BCUT2D eigenvalue weighted by atomic mass is 16.5. The van der Waals surface area contributed by atoms with Gasteiger partial charge >= 0.3 is 0 Å². The second kappa shape index (κ2) is 3.21. The summed E-state index contributed by atoms with van der Waals surface area (Å²) in [6, 6.07) is 2.27. The molecule has 2 atom stereocenters. The van der Waals surface area contributed by atoms with Crippen molar-refractivity contribution >= 4 is 6.21 Å². The number of allylic oxidation sites excluding steroid dienone is 1. The van der Waals surface area contributed by atoms with Gasteiger partial charge in [0.25, 0.3) is 0 Å². The molecule has 0 aromatic heterocycles. The fraction of sp³-hybridized carbons (Fsp3) is 0.600. The number of rotatable bonds is 2. The first-order valence-electron chi connectivity index (χ1n) is 4.61. The predicted molar refractivity (Wildman–Crippen MR) is 49.2 cm³/mol. The number of dihydropyridines is 1. The summed E-state index contributed by atoms with van der Waals surface area (Å²) in [5, 5.41) is 8.80. The van der Waals surface area contributed by atoms with E-state index < -0.39 is 0 Å². The van der Waals surface area contributed by atoms with Crippen LogP contribution in [0.2, 0.25) is 0 Å². The Morgan fingerprint density at radius 3 is 3.00 bits per heavy atom. The second-order valence-corrected chi connectivity index (χ2v) is 3.56. The molecule has 2 aliphatic rings. The van der Waals surface area contributed by atoms with E-state index in [0.29, 0.717) is 6.10 Å². The molecular formula is C10H12N2O. The Morgan fingerprint density at radius 2 is 2.38 bits per heavy atom. The van der Waals surface area contributed by atoms with E-state index in [1.165, 1.54) is 0 Å². The van der Waals surface area contributed by atoms with E-state index in [4.69, 9.17) is 10.00 Å². The van der Waals surface area contributed by atoms with E-state index in [1.54, 1.807) is 6.21 Å². The molecule has 0 N–H and O–H groups in total. The molecule has 0 saturated heterocycles. The summed E-state index contributed by atoms with van der Waals surface area (Å²) in [4.78, 5) is 4.20. The van der Waals surface area contributed by atoms with Gasteiger partial charge < -0.3 is 4.74 Å².